The van der Waals surface area contributed by atoms with Gasteiger partial charge in [0.1, 0.15) is 5.82 Å². The number of aromatic nitrogens is 3. The highest BCUT2D eigenvalue weighted by molar-refractivity contribution is 7.99. The second kappa shape index (κ2) is 7.87. The maximum atomic E-state index is 9.40. The SMILES string of the molecule is CCNC(C)(CO)CCCCSc1nnc(C)n1C. The van der Waals surface area contributed by atoms with Crippen LogP contribution >= 0.6 is 11.8 Å². The number of aliphatic hydroxyl groups excluding tert-OH is 1. The van der Waals surface area contributed by atoms with Gasteiger partial charge in [-0.05, 0) is 33.2 Å². The van der Waals surface area contributed by atoms with E-state index in [-0.39, 0.29) is 12.1 Å². The second-order valence-corrected chi connectivity index (χ2v) is 6.21. The summed E-state index contributed by atoms with van der Waals surface area (Å²) in [5.41, 5.74) is -0.138. The topological polar surface area (TPSA) is 63.0 Å². The minimum absolute atomic E-state index is 0.138. The molecule has 1 heterocycles. The van der Waals surface area contributed by atoms with Gasteiger partial charge in [0.15, 0.2) is 5.16 Å². The summed E-state index contributed by atoms with van der Waals surface area (Å²) in [5.74, 6) is 1.99. The predicted molar refractivity (Wildman–Crippen MR) is 79.5 cm³/mol. The molecule has 0 aliphatic rings. The van der Waals surface area contributed by atoms with Crippen molar-refractivity contribution in [2.45, 2.75) is 50.7 Å². The van der Waals surface area contributed by atoms with Gasteiger partial charge in [0.25, 0.3) is 0 Å². The lowest BCUT2D eigenvalue weighted by molar-refractivity contribution is 0.165. The van der Waals surface area contributed by atoms with Crippen LogP contribution in [0.15, 0.2) is 5.16 Å². The summed E-state index contributed by atoms with van der Waals surface area (Å²) < 4.78 is 2.02. The van der Waals surface area contributed by atoms with Gasteiger partial charge >= 0.3 is 0 Å². The van der Waals surface area contributed by atoms with E-state index in [4.69, 9.17) is 0 Å². The number of aliphatic hydroxyl groups is 1. The van der Waals surface area contributed by atoms with Crippen molar-refractivity contribution in [3.63, 3.8) is 0 Å². The molecule has 2 N–H and O–H groups in total. The van der Waals surface area contributed by atoms with E-state index >= 15 is 0 Å². The number of unbranched alkanes of at least 4 members (excludes halogenated alkanes) is 1. The number of likely N-dealkylation sites (N-methyl/N-ethyl adjacent to an activating group) is 1. The highest BCUT2D eigenvalue weighted by atomic mass is 32.2. The Balaban J connectivity index is 2.22. The maximum absolute atomic E-state index is 9.40. The molecule has 0 aliphatic heterocycles. The summed E-state index contributed by atoms with van der Waals surface area (Å²) >= 11 is 1.75. The Morgan fingerprint density at radius 2 is 2.11 bits per heavy atom. The highest BCUT2D eigenvalue weighted by Gasteiger charge is 2.20. The Kier molecular flexibility index (Phi) is 6.82. The van der Waals surface area contributed by atoms with Crippen molar-refractivity contribution in [3.05, 3.63) is 5.82 Å². The van der Waals surface area contributed by atoms with Gasteiger partial charge in [0.2, 0.25) is 0 Å². The third kappa shape index (κ3) is 5.12. The molecule has 1 aromatic rings. The molecule has 6 heteroatoms. The van der Waals surface area contributed by atoms with Gasteiger partial charge in [0, 0.05) is 18.3 Å². The zero-order valence-electron chi connectivity index (χ0n) is 12.4. The van der Waals surface area contributed by atoms with Crippen LogP contribution < -0.4 is 5.32 Å². The predicted octanol–water partition coefficient (Wildman–Crippen LogP) is 1.75. The van der Waals surface area contributed by atoms with Crippen molar-refractivity contribution < 1.29 is 5.11 Å². The molecule has 0 fully saturated rings. The van der Waals surface area contributed by atoms with E-state index in [1.54, 1.807) is 11.8 Å². The molecule has 1 aromatic heterocycles. The average molecular weight is 286 g/mol. The molecular formula is C13H26N4OS. The summed E-state index contributed by atoms with van der Waals surface area (Å²) in [7, 11) is 1.99. The Hall–Kier alpha value is -0.590. The van der Waals surface area contributed by atoms with E-state index in [1.165, 1.54) is 0 Å². The zero-order chi connectivity index (χ0) is 14.3. The third-order valence-corrected chi connectivity index (χ3v) is 4.47. The Labute approximate surface area is 120 Å². The van der Waals surface area contributed by atoms with Gasteiger partial charge < -0.3 is 15.0 Å². The Morgan fingerprint density at radius 1 is 1.37 bits per heavy atom. The summed E-state index contributed by atoms with van der Waals surface area (Å²) in [6.45, 7) is 7.19. The molecule has 5 nitrogen and oxygen atoms in total. The molecule has 1 unspecified atom stereocenters. The first-order valence-corrected chi connectivity index (χ1v) is 7.85. The molecule has 1 atom stereocenters. The molecule has 0 amide bonds. The van der Waals surface area contributed by atoms with Gasteiger partial charge in [-0.25, -0.2) is 0 Å². The zero-order valence-corrected chi connectivity index (χ0v) is 13.3. The normalized spacial score (nSPS) is 14.6. The number of hydrogen-bond acceptors (Lipinski definition) is 5. The van der Waals surface area contributed by atoms with E-state index in [0.717, 1.165) is 42.5 Å². The highest BCUT2D eigenvalue weighted by Crippen LogP contribution is 2.19. The van der Waals surface area contributed by atoms with Gasteiger partial charge in [-0.2, -0.15) is 0 Å². The first-order chi connectivity index (χ1) is 9.02. The lowest BCUT2D eigenvalue weighted by atomic mass is 9.96. The van der Waals surface area contributed by atoms with Crippen LogP contribution in [-0.2, 0) is 7.05 Å². The van der Waals surface area contributed by atoms with E-state index < -0.39 is 0 Å². The Bertz CT molecular complexity index is 383. The molecule has 0 saturated heterocycles. The van der Waals surface area contributed by atoms with E-state index in [2.05, 4.69) is 29.4 Å². The lowest BCUT2D eigenvalue weighted by Crippen LogP contribution is -2.45. The summed E-state index contributed by atoms with van der Waals surface area (Å²) in [4.78, 5) is 0. The number of thioether (sulfide) groups is 1. The van der Waals surface area contributed by atoms with Crippen molar-refractivity contribution >= 4 is 11.8 Å². The maximum Gasteiger partial charge on any atom is 0.190 e. The molecule has 0 aliphatic carbocycles. The molecule has 110 valence electrons. The number of nitrogens with zero attached hydrogens (tertiary/aromatic N) is 3. The Morgan fingerprint density at radius 3 is 2.63 bits per heavy atom. The standard InChI is InChI=1S/C13H26N4OS/c1-5-14-13(3,10-18)8-6-7-9-19-12-16-15-11(2)17(12)4/h14,18H,5-10H2,1-4H3. The first-order valence-electron chi connectivity index (χ1n) is 6.87. The van der Waals surface area contributed by atoms with Crippen molar-refractivity contribution in [1.29, 1.82) is 0 Å². The van der Waals surface area contributed by atoms with Crippen molar-refractivity contribution in [2.75, 3.05) is 18.9 Å². The van der Waals surface area contributed by atoms with Crippen LogP contribution in [0.25, 0.3) is 0 Å². The largest absolute Gasteiger partial charge is 0.394 e. The van der Waals surface area contributed by atoms with E-state index in [9.17, 15) is 5.11 Å². The summed E-state index contributed by atoms with van der Waals surface area (Å²) in [5, 5.41) is 21.9. The molecule has 1 rings (SSSR count). The number of rotatable bonds is 9. The van der Waals surface area contributed by atoms with Crippen molar-refractivity contribution in [3.8, 4) is 0 Å². The van der Waals surface area contributed by atoms with Gasteiger partial charge in [-0.3, -0.25) is 0 Å². The van der Waals surface area contributed by atoms with Crippen LogP contribution in [0.1, 0.15) is 38.9 Å². The fourth-order valence-corrected chi connectivity index (χ4v) is 2.90. The lowest BCUT2D eigenvalue weighted by Gasteiger charge is -2.28. The molecule has 0 bridgehead atoms. The van der Waals surface area contributed by atoms with Gasteiger partial charge in [-0.15, -0.1) is 10.2 Å². The van der Waals surface area contributed by atoms with Crippen molar-refractivity contribution in [2.24, 2.45) is 7.05 Å². The van der Waals surface area contributed by atoms with Gasteiger partial charge in [-0.1, -0.05) is 25.1 Å². The molecule has 0 radical (unpaired) electrons. The monoisotopic (exact) mass is 286 g/mol. The molecule has 19 heavy (non-hydrogen) atoms. The number of hydrogen-bond donors (Lipinski definition) is 2. The minimum Gasteiger partial charge on any atom is -0.394 e. The van der Waals surface area contributed by atoms with Crippen LogP contribution in [0, 0.1) is 6.92 Å². The van der Waals surface area contributed by atoms with Crippen LogP contribution in [0.3, 0.4) is 0 Å². The average Bonchev–Trinajstić information content (AvgIpc) is 2.70. The van der Waals surface area contributed by atoms with Crippen LogP contribution in [0.5, 0.6) is 0 Å². The van der Waals surface area contributed by atoms with Gasteiger partial charge in [0.05, 0.1) is 6.61 Å². The second-order valence-electron chi connectivity index (χ2n) is 5.14. The summed E-state index contributed by atoms with van der Waals surface area (Å²) in [6.07, 6.45) is 3.22. The summed E-state index contributed by atoms with van der Waals surface area (Å²) in [6, 6.07) is 0. The van der Waals surface area contributed by atoms with Crippen LogP contribution in [0.2, 0.25) is 0 Å². The number of nitrogens with one attached hydrogen (secondary N) is 1. The van der Waals surface area contributed by atoms with Crippen molar-refractivity contribution in [1.82, 2.24) is 20.1 Å². The van der Waals surface area contributed by atoms with E-state index in [0.29, 0.717) is 0 Å². The molecule has 0 aromatic carbocycles. The fraction of sp³-hybridized carbons (Fsp3) is 0.846. The first kappa shape index (κ1) is 16.5. The fourth-order valence-electron chi connectivity index (χ4n) is 1.94. The molecule has 0 saturated carbocycles. The molecule has 0 spiro atoms. The van der Waals surface area contributed by atoms with E-state index in [1.807, 2.05) is 18.5 Å². The van der Waals surface area contributed by atoms with Crippen LogP contribution in [0.4, 0.5) is 0 Å². The molecular weight excluding hydrogens is 260 g/mol. The quantitative estimate of drug-likeness (QED) is 0.535. The minimum atomic E-state index is -0.138. The number of aryl methyl sites for hydroxylation is 1. The smallest absolute Gasteiger partial charge is 0.190 e. The third-order valence-electron chi connectivity index (χ3n) is 3.36. The van der Waals surface area contributed by atoms with Crippen LogP contribution in [-0.4, -0.2) is 44.3 Å².